The average Bonchev–Trinajstić information content (AvgIpc) is 3.32. The van der Waals surface area contributed by atoms with E-state index in [-0.39, 0.29) is 11.8 Å². The molecule has 2 heterocycles. The van der Waals surface area contributed by atoms with Crippen LogP contribution in [0.2, 0.25) is 5.02 Å². The Morgan fingerprint density at radius 1 is 1.13 bits per heavy atom. The number of fused-ring (bicyclic) bond motifs is 2. The molecular weight excluding hydrogens is 425 g/mol. The van der Waals surface area contributed by atoms with Gasteiger partial charge in [0.05, 0.1) is 10.7 Å². The first kappa shape index (κ1) is 18.7. The molecule has 4 aromatic rings. The van der Waals surface area contributed by atoms with E-state index in [1.165, 1.54) is 29.7 Å². The van der Waals surface area contributed by atoms with Crippen LogP contribution < -0.4 is 10.6 Å². The zero-order valence-corrected chi connectivity index (χ0v) is 16.9. The first-order valence-corrected chi connectivity index (χ1v) is 10.2. The van der Waals surface area contributed by atoms with Crippen LogP contribution in [0.4, 0.5) is 10.1 Å². The van der Waals surface area contributed by atoms with Gasteiger partial charge >= 0.3 is 0 Å². The van der Waals surface area contributed by atoms with Gasteiger partial charge in [0, 0.05) is 32.8 Å². The van der Waals surface area contributed by atoms with Crippen LogP contribution in [0.1, 0.15) is 38.0 Å². The lowest BCUT2D eigenvalue weighted by Crippen LogP contribution is -2.21. The topological polar surface area (TPSA) is 71.1 Å². The van der Waals surface area contributed by atoms with Gasteiger partial charge in [-0.1, -0.05) is 35.9 Å². The molecule has 148 valence electrons. The van der Waals surface area contributed by atoms with Crippen molar-refractivity contribution in [2.45, 2.75) is 6.04 Å². The van der Waals surface area contributed by atoms with Crippen molar-refractivity contribution in [3.8, 4) is 0 Å². The lowest BCUT2D eigenvalue weighted by atomic mass is 9.96. The zero-order chi connectivity index (χ0) is 20.8. The molecule has 8 heteroatoms. The minimum absolute atomic E-state index is 0.311. The van der Waals surface area contributed by atoms with Crippen LogP contribution in [0.15, 0.2) is 60.7 Å². The molecule has 1 atom stereocenters. The van der Waals surface area contributed by atoms with Crippen molar-refractivity contribution in [3.63, 3.8) is 0 Å². The molecule has 0 spiro atoms. The first-order valence-electron chi connectivity index (χ1n) is 9.07. The van der Waals surface area contributed by atoms with E-state index in [0.29, 0.717) is 33.1 Å². The molecule has 0 aliphatic carbocycles. The third-order valence-corrected chi connectivity index (χ3v) is 6.20. The maximum Gasteiger partial charge on any atom is 0.276 e. The molecule has 2 amide bonds. The van der Waals surface area contributed by atoms with Gasteiger partial charge in [-0.2, -0.15) is 4.37 Å². The Morgan fingerprint density at radius 2 is 1.97 bits per heavy atom. The summed E-state index contributed by atoms with van der Waals surface area (Å²) in [6, 6.07) is 15.8. The fourth-order valence-electron chi connectivity index (χ4n) is 3.66. The monoisotopic (exact) mass is 437 g/mol. The van der Waals surface area contributed by atoms with E-state index in [1.54, 1.807) is 18.2 Å². The molecule has 5 rings (SSSR count). The Bertz CT molecular complexity index is 1340. The van der Waals surface area contributed by atoms with Crippen LogP contribution >= 0.6 is 23.1 Å². The molecule has 1 unspecified atom stereocenters. The van der Waals surface area contributed by atoms with E-state index in [1.807, 2.05) is 24.3 Å². The van der Waals surface area contributed by atoms with E-state index >= 15 is 0 Å². The zero-order valence-electron chi connectivity index (χ0n) is 15.3. The first-order chi connectivity index (χ1) is 14.5. The van der Waals surface area contributed by atoms with Crippen molar-refractivity contribution in [1.29, 1.82) is 0 Å². The molecular formula is C22H13ClFN3O2S. The van der Waals surface area contributed by atoms with Gasteiger partial charge in [-0.25, -0.2) is 4.39 Å². The number of nitrogens with one attached hydrogen (secondary N) is 2. The summed E-state index contributed by atoms with van der Waals surface area (Å²) < 4.78 is 19.1. The Labute approximate surface area is 179 Å². The van der Waals surface area contributed by atoms with Gasteiger partial charge in [0.2, 0.25) is 0 Å². The van der Waals surface area contributed by atoms with E-state index in [0.717, 1.165) is 10.1 Å². The van der Waals surface area contributed by atoms with Crippen LogP contribution in [0, 0.1) is 5.82 Å². The normalized spacial score (nSPS) is 15.1. The number of halogens is 2. The summed E-state index contributed by atoms with van der Waals surface area (Å²) in [6.45, 7) is 0. The summed E-state index contributed by atoms with van der Waals surface area (Å²) in [6.07, 6.45) is 0. The predicted octanol–water partition coefficient (Wildman–Crippen LogP) is 5.17. The van der Waals surface area contributed by atoms with Crippen LogP contribution in [0.5, 0.6) is 0 Å². The SMILES string of the molecule is O=C1NC(c2cc(F)ccc2Cl)c2c(NC(=O)c3nsc4ccccc34)cccc21. The van der Waals surface area contributed by atoms with Gasteiger partial charge in [-0.3, -0.25) is 9.59 Å². The van der Waals surface area contributed by atoms with E-state index < -0.39 is 11.9 Å². The van der Waals surface area contributed by atoms with Crippen molar-refractivity contribution < 1.29 is 14.0 Å². The quantitative estimate of drug-likeness (QED) is 0.464. The van der Waals surface area contributed by atoms with Crippen LogP contribution in [0.25, 0.3) is 10.1 Å². The smallest absolute Gasteiger partial charge is 0.276 e. The molecule has 5 nitrogen and oxygen atoms in total. The van der Waals surface area contributed by atoms with Gasteiger partial charge in [-0.05, 0) is 47.9 Å². The van der Waals surface area contributed by atoms with Crippen molar-refractivity contribution >= 4 is 50.7 Å². The Kier molecular flexibility index (Phi) is 4.49. The molecule has 2 N–H and O–H groups in total. The number of anilines is 1. The van der Waals surface area contributed by atoms with Crippen molar-refractivity contribution in [2.24, 2.45) is 0 Å². The lowest BCUT2D eigenvalue weighted by molar-refractivity contribution is 0.0959. The number of rotatable bonds is 3. The fourth-order valence-corrected chi connectivity index (χ4v) is 4.66. The standard InChI is InChI=1S/C22H13ClFN3O2S/c23-15-9-8-11(24)10-14(15)19-18-13(21(28)26-19)5-3-6-16(18)25-22(29)20-12-4-1-2-7-17(12)30-27-20/h1-10,19H,(H,25,29)(H,26,28). The molecule has 0 bridgehead atoms. The van der Waals surface area contributed by atoms with Gasteiger partial charge in [0.25, 0.3) is 11.8 Å². The molecule has 1 aromatic heterocycles. The summed E-state index contributed by atoms with van der Waals surface area (Å²) in [4.78, 5) is 25.5. The third kappa shape index (κ3) is 3.03. The second-order valence-electron chi connectivity index (χ2n) is 6.82. The van der Waals surface area contributed by atoms with Gasteiger partial charge in [-0.15, -0.1) is 0 Å². The Hall–Kier alpha value is -3.29. The third-order valence-electron chi connectivity index (χ3n) is 5.02. The molecule has 0 radical (unpaired) electrons. The molecule has 3 aromatic carbocycles. The predicted molar refractivity (Wildman–Crippen MR) is 115 cm³/mol. The highest BCUT2D eigenvalue weighted by atomic mass is 35.5. The van der Waals surface area contributed by atoms with Crippen molar-refractivity contribution in [1.82, 2.24) is 9.69 Å². The van der Waals surface area contributed by atoms with E-state index in [9.17, 15) is 14.0 Å². The largest absolute Gasteiger partial charge is 0.341 e. The van der Waals surface area contributed by atoms with Crippen LogP contribution in [-0.2, 0) is 0 Å². The van der Waals surface area contributed by atoms with Crippen molar-refractivity contribution in [2.75, 3.05) is 5.32 Å². The highest BCUT2D eigenvalue weighted by molar-refractivity contribution is 7.13. The number of hydrogen-bond acceptors (Lipinski definition) is 4. The maximum absolute atomic E-state index is 13.9. The molecule has 0 saturated carbocycles. The second kappa shape index (κ2) is 7.19. The number of benzene rings is 3. The van der Waals surface area contributed by atoms with Crippen LogP contribution in [-0.4, -0.2) is 16.2 Å². The number of carbonyl (C=O) groups is 2. The number of carbonyl (C=O) groups excluding carboxylic acids is 2. The highest BCUT2D eigenvalue weighted by Crippen LogP contribution is 2.39. The van der Waals surface area contributed by atoms with Gasteiger partial charge in [0.15, 0.2) is 0 Å². The average molecular weight is 438 g/mol. The number of aromatic nitrogens is 1. The maximum atomic E-state index is 13.9. The fraction of sp³-hybridized carbons (Fsp3) is 0.0455. The van der Waals surface area contributed by atoms with E-state index in [2.05, 4.69) is 15.0 Å². The van der Waals surface area contributed by atoms with Gasteiger partial charge in [0.1, 0.15) is 11.5 Å². The summed E-state index contributed by atoms with van der Waals surface area (Å²) >= 11 is 7.52. The Morgan fingerprint density at radius 3 is 2.83 bits per heavy atom. The minimum atomic E-state index is -0.681. The summed E-state index contributed by atoms with van der Waals surface area (Å²) in [7, 11) is 0. The summed E-state index contributed by atoms with van der Waals surface area (Å²) in [5.74, 6) is -1.16. The van der Waals surface area contributed by atoms with Gasteiger partial charge < -0.3 is 10.6 Å². The van der Waals surface area contributed by atoms with Crippen LogP contribution in [0.3, 0.4) is 0 Å². The second-order valence-corrected chi connectivity index (χ2v) is 8.03. The number of nitrogens with zero attached hydrogens (tertiary/aromatic N) is 1. The lowest BCUT2D eigenvalue weighted by Gasteiger charge is -2.17. The van der Waals surface area contributed by atoms with Crippen molar-refractivity contribution in [3.05, 3.63) is 93.9 Å². The highest BCUT2D eigenvalue weighted by Gasteiger charge is 2.34. The molecule has 1 aliphatic rings. The van der Waals surface area contributed by atoms with E-state index in [4.69, 9.17) is 11.6 Å². The molecule has 30 heavy (non-hydrogen) atoms. The number of hydrogen-bond donors (Lipinski definition) is 2. The number of amides is 2. The Balaban J connectivity index is 1.57. The molecule has 0 saturated heterocycles. The minimum Gasteiger partial charge on any atom is -0.341 e. The molecule has 1 aliphatic heterocycles. The molecule has 0 fully saturated rings. The summed E-state index contributed by atoms with van der Waals surface area (Å²) in [5.41, 5.74) is 2.12. The summed E-state index contributed by atoms with van der Waals surface area (Å²) in [5, 5.41) is 6.77.